The molecule has 1 saturated heterocycles. The number of benzene rings is 3. The Morgan fingerprint density at radius 1 is 0.848 bits per heavy atom. The molecule has 5 fully saturated rings. The smallest absolute Gasteiger partial charge is 0.251 e. The third kappa shape index (κ3) is 7.07. The van der Waals surface area contributed by atoms with Gasteiger partial charge in [-0.1, -0.05) is 12.1 Å². The molecule has 1 amide bonds. The van der Waals surface area contributed by atoms with Crippen LogP contribution in [0.4, 0.5) is 5.69 Å². The zero-order chi connectivity index (χ0) is 31.7. The normalized spacial score (nSPS) is 25.6. The largest absolute Gasteiger partial charge is 0.494 e. The summed E-state index contributed by atoms with van der Waals surface area (Å²) in [6.45, 7) is 12.4. The molecule has 46 heavy (non-hydrogen) atoms. The number of carbonyl (C=O) groups is 1. The Morgan fingerprint density at radius 3 is 2.17 bits per heavy atom. The Bertz CT molecular complexity index is 1470. The van der Waals surface area contributed by atoms with Gasteiger partial charge in [-0.25, -0.2) is 0 Å². The van der Waals surface area contributed by atoms with Crippen LogP contribution >= 0.6 is 0 Å². The van der Waals surface area contributed by atoms with Gasteiger partial charge >= 0.3 is 0 Å². The van der Waals surface area contributed by atoms with E-state index in [4.69, 9.17) is 9.47 Å². The fourth-order valence-electron chi connectivity index (χ4n) is 9.31. The first-order valence-electron chi connectivity index (χ1n) is 17.7. The van der Waals surface area contributed by atoms with Gasteiger partial charge in [0.05, 0.1) is 12.7 Å². The molecule has 0 atom stereocenters. The number of hydrogen-bond donors (Lipinski definition) is 1. The van der Waals surface area contributed by atoms with Gasteiger partial charge in [-0.05, 0) is 154 Å². The Balaban J connectivity index is 0.943. The Kier molecular flexibility index (Phi) is 9.00. The van der Waals surface area contributed by atoms with Gasteiger partial charge in [-0.3, -0.25) is 9.69 Å². The maximum Gasteiger partial charge on any atom is 0.251 e. The van der Waals surface area contributed by atoms with Crippen molar-refractivity contribution in [1.29, 1.82) is 0 Å². The third-order valence-corrected chi connectivity index (χ3v) is 10.9. The molecule has 4 aliphatic carbocycles. The van der Waals surface area contributed by atoms with Crippen LogP contribution in [0.1, 0.15) is 75.2 Å². The minimum absolute atomic E-state index is 0.0831. The highest BCUT2D eigenvalue weighted by atomic mass is 16.5. The molecule has 1 heterocycles. The van der Waals surface area contributed by atoms with Crippen LogP contribution in [0.25, 0.3) is 11.1 Å². The Hall–Kier alpha value is -3.51. The predicted octanol–water partition coefficient (Wildman–Crippen LogP) is 7.81. The van der Waals surface area contributed by atoms with Gasteiger partial charge in [0.25, 0.3) is 5.91 Å². The van der Waals surface area contributed by atoms with Crippen LogP contribution < -0.4 is 19.7 Å². The number of amides is 1. The lowest BCUT2D eigenvalue weighted by molar-refractivity contribution is -0.0503. The van der Waals surface area contributed by atoms with Crippen LogP contribution in [0, 0.1) is 23.2 Å². The summed E-state index contributed by atoms with van der Waals surface area (Å²) in [6, 6.07) is 23.2. The molecule has 244 valence electrons. The van der Waals surface area contributed by atoms with Crippen molar-refractivity contribution in [3.8, 4) is 22.6 Å². The van der Waals surface area contributed by atoms with E-state index < -0.39 is 0 Å². The van der Waals surface area contributed by atoms with Crippen LogP contribution in [0.3, 0.4) is 0 Å². The van der Waals surface area contributed by atoms with Crippen molar-refractivity contribution < 1.29 is 14.3 Å². The van der Waals surface area contributed by atoms with Crippen LogP contribution in [-0.2, 0) is 6.54 Å². The lowest BCUT2D eigenvalue weighted by atomic mass is 9.49. The highest BCUT2D eigenvalue weighted by Gasteiger charge is 2.50. The molecular formula is C40H51N3O3. The molecule has 5 aliphatic rings. The summed E-state index contributed by atoms with van der Waals surface area (Å²) in [5.74, 6) is 4.61. The molecule has 6 nitrogen and oxygen atoms in total. The number of carbonyl (C=O) groups excluding carboxylic acids is 1. The van der Waals surface area contributed by atoms with Crippen molar-refractivity contribution in [3.05, 3.63) is 77.9 Å². The first-order chi connectivity index (χ1) is 22.3. The summed E-state index contributed by atoms with van der Waals surface area (Å²) in [6.07, 6.45) is 8.40. The minimum Gasteiger partial charge on any atom is -0.494 e. The number of piperazine rings is 1. The van der Waals surface area contributed by atoms with Crippen molar-refractivity contribution >= 4 is 11.6 Å². The van der Waals surface area contributed by atoms with Crippen molar-refractivity contribution in [2.45, 2.75) is 71.9 Å². The molecule has 4 saturated carbocycles. The van der Waals surface area contributed by atoms with Crippen molar-refractivity contribution in [2.24, 2.45) is 23.2 Å². The van der Waals surface area contributed by atoms with Crippen molar-refractivity contribution in [2.75, 3.05) is 44.2 Å². The van der Waals surface area contributed by atoms with E-state index in [1.807, 2.05) is 25.1 Å². The first kappa shape index (κ1) is 31.1. The van der Waals surface area contributed by atoms with E-state index in [9.17, 15) is 4.79 Å². The Morgan fingerprint density at radius 2 is 1.52 bits per heavy atom. The van der Waals surface area contributed by atoms with Crippen molar-refractivity contribution in [1.82, 2.24) is 10.2 Å². The summed E-state index contributed by atoms with van der Waals surface area (Å²) in [7, 11) is 0. The van der Waals surface area contributed by atoms with Gasteiger partial charge in [-0.2, -0.15) is 0 Å². The highest BCUT2D eigenvalue weighted by molar-refractivity contribution is 5.94. The lowest BCUT2D eigenvalue weighted by Crippen LogP contribution is -2.51. The number of anilines is 1. The summed E-state index contributed by atoms with van der Waals surface area (Å²) in [5.41, 5.74) is 5.88. The number of ether oxygens (including phenoxy) is 2. The number of hydrogen-bond acceptors (Lipinski definition) is 5. The average Bonchev–Trinajstić information content (AvgIpc) is 3.03. The molecular weight excluding hydrogens is 570 g/mol. The second kappa shape index (κ2) is 13.3. The molecule has 0 unspecified atom stereocenters. The zero-order valence-electron chi connectivity index (χ0n) is 28.0. The van der Waals surface area contributed by atoms with Crippen LogP contribution in [0.15, 0.2) is 66.7 Å². The van der Waals surface area contributed by atoms with E-state index >= 15 is 0 Å². The van der Waals surface area contributed by atoms with Crippen LogP contribution in [0.5, 0.6) is 11.5 Å². The number of nitrogens with zero attached hydrogens (tertiary/aromatic N) is 2. The summed E-state index contributed by atoms with van der Waals surface area (Å²) >= 11 is 0. The standard InChI is InChI=1S/C40H51N3O3/c1-4-45-37-7-5-6-34(21-37)35-19-32(20-38(22-35)46-28(2)3)26-42-12-14-43(15-13-42)36-10-8-33(9-11-36)39(44)41-27-40-23-29-16-30(24-40)18-31(17-29)25-40/h5-11,19-22,28-31H,4,12-18,23-27H2,1-3H3,(H,41,44). The molecule has 0 spiro atoms. The molecule has 6 heteroatoms. The summed E-state index contributed by atoms with van der Waals surface area (Å²) < 4.78 is 11.9. The van der Waals surface area contributed by atoms with E-state index in [0.29, 0.717) is 12.0 Å². The van der Waals surface area contributed by atoms with Gasteiger partial charge in [0.1, 0.15) is 11.5 Å². The summed E-state index contributed by atoms with van der Waals surface area (Å²) in [4.78, 5) is 18.1. The molecule has 3 aromatic rings. The minimum atomic E-state index is 0.0831. The van der Waals surface area contributed by atoms with E-state index in [-0.39, 0.29) is 12.0 Å². The Labute approximate surface area is 275 Å². The van der Waals surface area contributed by atoms with E-state index in [1.165, 1.54) is 49.8 Å². The second-order valence-electron chi connectivity index (χ2n) is 14.9. The molecule has 1 aliphatic heterocycles. The zero-order valence-corrected chi connectivity index (χ0v) is 28.0. The van der Waals surface area contributed by atoms with Gasteiger partial charge in [0.2, 0.25) is 0 Å². The monoisotopic (exact) mass is 621 g/mol. The maximum absolute atomic E-state index is 13.1. The van der Waals surface area contributed by atoms with E-state index in [0.717, 1.165) is 85.2 Å². The van der Waals surface area contributed by atoms with Crippen LogP contribution in [0.2, 0.25) is 0 Å². The quantitative estimate of drug-likeness (QED) is 0.237. The maximum atomic E-state index is 13.1. The average molecular weight is 622 g/mol. The van der Waals surface area contributed by atoms with Gasteiger partial charge < -0.3 is 19.7 Å². The second-order valence-corrected chi connectivity index (χ2v) is 14.9. The third-order valence-electron chi connectivity index (χ3n) is 10.9. The van der Waals surface area contributed by atoms with Crippen molar-refractivity contribution in [3.63, 3.8) is 0 Å². The molecule has 0 radical (unpaired) electrons. The predicted molar refractivity (Wildman–Crippen MR) is 186 cm³/mol. The van der Waals surface area contributed by atoms with Crippen LogP contribution in [-0.4, -0.2) is 56.2 Å². The summed E-state index contributed by atoms with van der Waals surface area (Å²) in [5, 5.41) is 3.35. The van der Waals surface area contributed by atoms with Gasteiger partial charge in [0.15, 0.2) is 0 Å². The van der Waals surface area contributed by atoms with E-state index in [2.05, 4.69) is 77.5 Å². The van der Waals surface area contributed by atoms with Gasteiger partial charge in [0, 0.05) is 50.5 Å². The van der Waals surface area contributed by atoms with Gasteiger partial charge in [-0.15, -0.1) is 0 Å². The molecule has 1 N–H and O–H groups in total. The first-order valence-corrected chi connectivity index (χ1v) is 17.7. The number of nitrogens with one attached hydrogen (secondary N) is 1. The molecule has 4 bridgehead atoms. The van der Waals surface area contributed by atoms with E-state index in [1.54, 1.807) is 0 Å². The molecule has 8 rings (SSSR count). The molecule has 3 aromatic carbocycles. The number of rotatable bonds is 11. The molecule has 0 aromatic heterocycles. The lowest BCUT2D eigenvalue weighted by Gasteiger charge is -2.56. The fraction of sp³-hybridized carbons (Fsp3) is 0.525. The fourth-order valence-corrected chi connectivity index (χ4v) is 9.31. The SMILES string of the molecule is CCOc1cccc(-c2cc(CN3CCN(c4ccc(C(=O)NCC56CC7CC(CC(C7)C5)C6)cc4)CC3)cc(OC(C)C)c2)c1. The highest BCUT2D eigenvalue weighted by Crippen LogP contribution is 2.59. The topological polar surface area (TPSA) is 54.0 Å².